The SMILES string of the molecule is CCc1c(C)nc2n(c1=O)CN(C1CCCC1)CN2c1ccccc1OC. The maximum absolute atomic E-state index is 13.2. The first-order valence-corrected chi connectivity index (χ1v) is 9.89. The molecule has 0 unspecified atom stereocenters. The molecule has 0 bridgehead atoms. The molecule has 6 heteroatoms. The van der Waals surface area contributed by atoms with Crippen molar-refractivity contribution in [2.45, 2.75) is 58.7 Å². The topological polar surface area (TPSA) is 50.6 Å². The number of nitrogens with zero attached hydrogens (tertiary/aromatic N) is 4. The Hall–Kier alpha value is -2.34. The van der Waals surface area contributed by atoms with Gasteiger partial charge in [0.05, 0.1) is 26.1 Å². The normalized spacial score (nSPS) is 18.0. The van der Waals surface area contributed by atoms with Crippen molar-refractivity contribution in [2.75, 3.05) is 18.7 Å². The van der Waals surface area contributed by atoms with Crippen LogP contribution in [0.25, 0.3) is 0 Å². The zero-order valence-electron chi connectivity index (χ0n) is 16.4. The van der Waals surface area contributed by atoms with Gasteiger partial charge >= 0.3 is 0 Å². The van der Waals surface area contributed by atoms with Crippen LogP contribution in [0.2, 0.25) is 0 Å². The lowest BCUT2D eigenvalue weighted by Gasteiger charge is -2.41. The van der Waals surface area contributed by atoms with Crippen LogP contribution in [0.1, 0.15) is 43.9 Å². The Morgan fingerprint density at radius 1 is 1.19 bits per heavy atom. The summed E-state index contributed by atoms with van der Waals surface area (Å²) in [7, 11) is 1.68. The molecule has 0 spiro atoms. The Labute approximate surface area is 160 Å². The van der Waals surface area contributed by atoms with Crippen molar-refractivity contribution in [3.8, 4) is 5.75 Å². The highest BCUT2D eigenvalue weighted by molar-refractivity contribution is 5.66. The number of aryl methyl sites for hydroxylation is 1. The summed E-state index contributed by atoms with van der Waals surface area (Å²) in [5.41, 5.74) is 2.67. The van der Waals surface area contributed by atoms with Gasteiger partial charge in [-0.3, -0.25) is 19.2 Å². The van der Waals surface area contributed by atoms with Crippen molar-refractivity contribution in [2.24, 2.45) is 0 Å². The van der Waals surface area contributed by atoms with Gasteiger partial charge in [-0.05, 0) is 38.3 Å². The Kier molecular flexibility index (Phi) is 4.91. The Balaban J connectivity index is 1.86. The van der Waals surface area contributed by atoms with E-state index < -0.39 is 0 Å². The molecule has 1 aliphatic heterocycles. The predicted molar refractivity (Wildman–Crippen MR) is 107 cm³/mol. The van der Waals surface area contributed by atoms with Gasteiger partial charge in [0.15, 0.2) is 0 Å². The van der Waals surface area contributed by atoms with Crippen LogP contribution in [0, 0.1) is 6.92 Å². The molecule has 2 aliphatic rings. The van der Waals surface area contributed by atoms with E-state index >= 15 is 0 Å². The van der Waals surface area contributed by atoms with Crippen molar-refractivity contribution >= 4 is 11.6 Å². The van der Waals surface area contributed by atoms with E-state index in [0.29, 0.717) is 25.1 Å². The number of anilines is 2. The molecule has 1 aliphatic carbocycles. The summed E-state index contributed by atoms with van der Waals surface area (Å²) in [6.07, 6.45) is 5.64. The molecule has 2 aromatic rings. The molecule has 0 atom stereocenters. The second kappa shape index (κ2) is 7.35. The molecule has 6 nitrogen and oxygen atoms in total. The van der Waals surface area contributed by atoms with Gasteiger partial charge in [-0.25, -0.2) is 4.98 Å². The fraction of sp³-hybridized carbons (Fsp3) is 0.524. The van der Waals surface area contributed by atoms with Crippen LogP contribution in [-0.4, -0.2) is 34.3 Å². The number of benzene rings is 1. The second-order valence-electron chi connectivity index (χ2n) is 7.47. The number of para-hydroxylation sites is 2. The Morgan fingerprint density at radius 3 is 2.63 bits per heavy atom. The van der Waals surface area contributed by atoms with Crippen molar-refractivity contribution in [1.29, 1.82) is 0 Å². The fourth-order valence-electron chi connectivity index (χ4n) is 4.44. The maximum Gasteiger partial charge on any atom is 0.259 e. The van der Waals surface area contributed by atoms with Gasteiger partial charge in [0, 0.05) is 17.3 Å². The van der Waals surface area contributed by atoms with E-state index in [1.54, 1.807) is 7.11 Å². The fourth-order valence-corrected chi connectivity index (χ4v) is 4.44. The maximum atomic E-state index is 13.2. The summed E-state index contributed by atoms with van der Waals surface area (Å²) in [6.45, 7) is 5.30. The lowest BCUT2D eigenvalue weighted by molar-refractivity contribution is 0.138. The van der Waals surface area contributed by atoms with Crippen LogP contribution in [-0.2, 0) is 13.1 Å². The molecule has 1 aromatic carbocycles. The van der Waals surface area contributed by atoms with E-state index in [2.05, 4.69) is 9.80 Å². The molecule has 0 N–H and O–H groups in total. The lowest BCUT2D eigenvalue weighted by Crippen LogP contribution is -2.51. The summed E-state index contributed by atoms with van der Waals surface area (Å²) in [6, 6.07) is 8.49. The molecule has 27 heavy (non-hydrogen) atoms. The molecule has 2 heterocycles. The molecule has 0 radical (unpaired) electrons. The number of hydrogen-bond donors (Lipinski definition) is 0. The summed E-state index contributed by atoms with van der Waals surface area (Å²) < 4.78 is 7.45. The number of ether oxygens (including phenoxy) is 1. The molecule has 1 saturated carbocycles. The van der Waals surface area contributed by atoms with Gasteiger partial charge in [-0.2, -0.15) is 0 Å². The molecular formula is C21H28N4O2. The van der Waals surface area contributed by atoms with Crippen LogP contribution < -0.4 is 15.2 Å². The third-order valence-electron chi connectivity index (χ3n) is 5.91. The number of methoxy groups -OCH3 is 1. The lowest BCUT2D eigenvalue weighted by atomic mass is 10.1. The van der Waals surface area contributed by atoms with E-state index in [1.807, 2.05) is 42.7 Å². The molecule has 0 amide bonds. The van der Waals surface area contributed by atoms with Gasteiger partial charge in [-0.15, -0.1) is 0 Å². The standard InChI is InChI=1S/C21H28N4O2/c1-4-17-15(2)22-21-24(18-11-7-8-12-19(18)27-3)13-23(14-25(21)20(17)26)16-9-5-6-10-16/h7-8,11-12,16H,4-6,9-10,13-14H2,1-3H3. The molecular weight excluding hydrogens is 340 g/mol. The first kappa shape index (κ1) is 18.0. The first-order valence-electron chi connectivity index (χ1n) is 9.89. The number of fused-ring (bicyclic) bond motifs is 1. The van der Waals surface area contributed by atoms with Gasteiger partial charge in [-0.1, -0.05) is 31.9 Å². The average Bonchev–Trinajstić information content (AvgIpc) is 3.22. The van der Waals surface area contributed by atoms with E-state index in [-0.39, 0.29) is 5.56 Å². The van der Waals surface area contributed by atoms with Gasteiger partial charge in [0.1, 0.15) is 5.75 Å². The van der Waals surface area contributed by atoms with E-state index in [0.717, 1.165) is 29.4 Å². The second-order valence-corrected chi connectivity index (χ2v) is 7.47. The highest BCUT2D eigenvalue weighted by Gasteiger charge is 2.33. The zero-order chi connectivity index (χ0) is 19.0. The predicted octanol–water partition coefficient (Wildman–Crippen LogP) is 3.43. The number of rotatable bonds is 4. The van der Waals surface area contributed by atoms with E-state index in [4.69, 9.17) is 9.72 Å². The minimum atomic E-state index is 0.0857. The minimum absolute atomic E-state index is 0.0857. The summed E-state index contributed by atoms with van der Waals surface area (Å²) >= 11 is 0. The van der Waals surface area contributed by atoms with Gasteiger partial charge in [0.25, 0.3) is 5.56 Å². The van der Waals surface area contributed by atoms with Crippen molar-refractivity contribution < 1.29 is 4.74 Å². The Morgan fingerprint density at radius 2 is 1.93 bits per heavy atom. The summed E-state index contributed by atoms with van der Waals surface area (Å²) in [5.74, 6) is 1.51. The van der Waals surface area contributed by atoms with Crippen LogP contribution in [0.4, 0.5) is 11.6 Å². The molecule has 4 rings (SSSR count). The summed E-state index contributed by atoms with van der Waals surface area (Å²) in [4.78, 5) is 22.6. The quantitative estimate of drug-likeness (QED) is 0.827. The third kappa shape index (κ3) is 3.12. The van der Waals surface area contributed by atoms with Crippen LogP contribution >= 0.6 is 0 Å². The van der Waals surface area contributed by atoms with E-state index in [9.17, 15) is 4.79 Å². The zero-order valence-corrected chi connectivity index (χ0v) is 16.4. The van der Waals surface area contributed by atoms with Crippen molar-refractivity contribution in [3.05, 3.63) is 45.9 Å². The van der Waals surface area contributed by atoms with E-state index in [1.165, 1.54) is 25.7 Å². The third-order valence-corrected chi connectivity index (χ3v) is 5.91. The monoisotopic (exact) mass is 368 g/mol. The largest absolute Gasteiger partial charge is 0.495 e. The van der Waals surface area contributed by atoms with Gasteiger partial charge < -0.3 is 4.74 Å². The highest BCUT2D eigenvalue weighted by Crippen LogP contribution is 2.36. The average molecular weight is 368 g/mol. The highest BCUT2D eigenvalue weighted by atomic mass is 16.5. The number of aromatic nitrogens is 2. The van der Waals surface area contributed by atoms with Crippen molar-refractivity contribution in [1.82, 2.24) is 14.5 Å². The van der Waals surface area contributed by atoms with Gasteiger partial charge in [0.2, 0.25) is 5.95 Å². The first-order chi connectivity index (χ1) is 13.1. The molecule has 1 aromatic heterocycles. The van der Waals surface area contributed by atoms with Crippen LogP contribution in [0.5, 0.6) is 5.75 Å². The van der Waals surface area contributed by atoms with Crippen LogP contribution in [0.3, 0.4) is 0 Å². The summed E-state index contributed by atoms with van der Waals surface area (Å²) in [5, 5.41) is 0. The smallest absolute Gasteiger partial charge is 0.259 e. The van der Waals surface area contributed by atoms with Crippen LogP contribution in [0.15, 0.2) is 29.1 Å². The molecule has 1 fully saturated rings. The number of hydrogen-bond acceptors (Lipinski definition) is 5. The minimum Gasteiger partial charge on any atom is -0.495 e. The Bertz CT molecular complexity index is 886. The van der Waals surface area contributed by atoms with Crippen molar-refractivity contribution in [3.63, 3.8) is 0 Å². The molecule has 0 saturated heterocycles. The molecule has 144 valence electrons.